The maximum Gasteiger partial charge on any atom is 0.130 e. The minimum absolute atomic E-state index is 0.253. The average Bonchev–Trinajstić information content (AvgIpc) is 2.31. The quantitative estimate of drug-likeness (QED) is 0.823. The molecule has 1 rings (SSSR count). The Morgan fingerprint density at radius 1 is 1.33 bits per heavy atom. The highest BCUT2D eigenvalue weighted by atomic mass is 35.5. The summed E-state index contributed by atoms with van der Waals surface area (Å²) < 4.78 is 13.8. The van der Waals surface area contributed by atoms with Crippen LogP contribution in [0.4, 0.5) is 4.39 Å². The number of rotatable bonds is 5. The Labute approximate surface area is 112 Å². The molecule has 3 nitrogen and oxygen atoms in total. The Morgan fingerprint density at radius 3 is 2.50 bits per heavy atom. The fraction of sp³-hybridized carbons (Fsp3) is 0.462. The Kier molecular flexibility index (Phi) is 5.54. The van der Waals surface area contributed by atoms with Gasteiger partial charge in [0.15, 0.2) is 0 Å². The summed E-state index contributed by atoms with van der Waals surface area (Å²) in [5, 5.41) is 9.52. The Bertz CT molecular complexity index is 422. The van der Waals surface area contributed by atoms with Crippen molar-refractivity contribution in [3.63, 3.8) is 0 Å². The summed E-state index contributed by atoms with van der Waals surface area (Å²) in [5.74, 6) is -0.439. The lowest BCUT2D eigenvalue weighted by molar-refractivity contribution is 0.249. The molecule has 0 aliphatic heterocycles. The van der Waals surface area contributed by atoms with Crippen LogP contribution in [-0.2, 0) is 0 Å². The van der Waals surface area contributed by atoms with Gasteiger partial charge in [0.2, 0.25) is 0 Å². The van der Waals surface area contributed by atoms with E-state index in [2.05, 4.69) is 6.07 Å². The van der Waals surface area contributed by atoms with Gasteiger partial charge in [-0.2, -0.15) is 5.26 Å². The van der Waals surface area contributed by atoms with Gasteiger partial charge < -0.3 is 4.90 Å². The number of hydrogen-bond acceptors (Lipinski definition) is 3. The van der Waals surface area contributed by atoms with E-state index in [-0.39, 0.29) is 5.56 Å². The summed E-state index contributed by atoms with van der Waals surface area (Å²) in [6.07, 6.45) is 0. The van der Waals surface area contributed by atoms with E-state index < -0.39 is 11.9 Å². The molecule has 0 saturated heterocycles. The molecule has 1 aromatic carbocycles. The number of nitriles is 1. The first-order valence-electron chi connectivity index (χ1n) is 5.66. The largest absolute Gasteiger partial charge is 0.308 e. The topological polar surface area (TPSA) is 30.3 Å². The van der Waals surface area contributed by atoms with E-state index in [1.807, 2.05) is 19.0 Å². The Morgan fingerprint density at radius 2 is 2.00 bits per heavy atom. The van der Waals surface area contributed by atoms with E-state index in [0.717, 1.165) is 6.54 Å². The second kappa shape index (κ2) is 6.69. The van der Waals surface area contributed by atoms with Gasteiger partial charge in [-0.15, -0.1) is 0 Å². The molecule has 0 spiro atoms. The Hall–Kier alpha value is -1.15. The summed E-state index contributed by atoms with van der Waals surface area (Å²) in [5.41, 5.74) is 0.253. The van der Waals surface area contributed by atoms with Crippen LogP contribution >= 0.6 is 11.6 Å². The van der Waals surface area contributed by atoms with Crippen LogP contribution in [0.1, 0.15) is 11.6 Å². The zero-order valence-corrected chi connectivity index (χ0v) is 11.6. The summed E-state index contributed by atoms with van der Waals surface area (Å²) in [6, 6.07) is 5.90. The first-order chi connectivity index (χ1) is 8.47. The normalized spacial score (nSPS) is 12.8. The molecule has 5 heteroatoms. The van der Waals surface area contributed by atoms with Crippen molar-refractivity contribution in [2.45, 2.75) is 6.04 Å². The fourth-order valence-electron chi connectivity index (χ4n) is 1.64. The van der Waals surface area contributed by atoms with Crippen molar-refractivity contribution in [1.29, 1.82) is 5.26 Å². The second-order valence-corrected chi connectivity index (χ2v) is 4.86. The van der Waals surface area contributed by atoms with E-state index >= 15 is 0 Å². The molecule has 0 radical (unpaired) electrons. The molecule has 1 unspecified atom stereocenters. The minimum Gasteiger partial charge on any atom is -0.308 e. The van der Waals surface area contributed by atoms with E-state index in [0.29, 0.717) is 11.6 Å². The van der Waals surface area contributed by atoms with Gasteiger partial charge in [-0.3, -0.25) is 4.90 Å². The van der Waals surface area contributed by atoms with Crippen molar-refractivity contribution in [2.75, 3.05) is 34.2 Å². The SMILES string of the molecule is CN(C)CCN(C)C(C#N)c1c(F)cccc1Cl. The highest BCUT2D eigenvalue weighted by Crippen LogP contribution is 2.28. The maximum absolute atomic E-state index is 13.8. The van der Waals surface area contributed by atoms with Crippen molar-refractivity contribution in [3.8, 4) is 6.07 Å². The van der Waals surface area contributed by atoms with E-state index in [4.69, 9.17) is 11.6 Å². The third-order valence-electron chi connectivity index (χ3n) is 2.74. The summed E-state index contributed by atoms with van der Waals surface area (Å²) in [6.45, 7) is 1.46. The number of hydrogen-bond donors (Lipinski definition) is 0. The van der Waals surface area contributed by atoms with Gasteiger partial charge in [0.25, 0.3) is 0 Å². The highest BCUT2D eigenvalue weighted by Gasteiger charge is 2.22. The molecule has 0 saturated carbocycles. The van der Waals surface area contributed by atoms with Crippen molar-refractivity contribution in [2.24, 2.45) is 0 Å². The fourth-order valence-corrected chi connectivity index (χ4v) is 1.91. The number of halogens is 2. The standard InChI is InChI=1S/C13H17ClFN3/c1-17(2)7-8-18(3)12(9-16)13-10(14)5-4-6-11(13)15/h4-6,12H,7-8H2,1-3H3. The highest BCUT2D eigenvalue weighted by molar-refractivity contribution is 6.31. The molecular weight excluding hydrogens is 253 g/mol. The van der Waals surface area contributed by atoms with Gasteiger partial charge in [-0.1, -0.05) is 17.7 Å². The van der Waals surface area contributed by atoms with Crippen LogP contribution in [0.3, 0.4) is 0 Å². The number of benzene rings is 1. The first-order valence-corrected chi connectivity index (χ1v) is 6.03. The zero-order valence-electron chi connectivity index (χ0n) is 10.8. The molecule has 0 bridgehead atoms. The van der Waals surface area contributed by atoms with Crippen molar-refractivity contribution in [1.82, 2.24) is 9.80 Å². The van der Waals surface area contributed by atoms with Gasteiger partial charge >= 0.3 is 0 Å². The molecule has 0 aromatic heterocycles. The van der Waals surface area contributed by atoms with Crippen LogP contribution in [0, 0.1) is 17.1 Å². The zero-order chi connectivity index (χ0) is 13.7. The van der Waals surface area contributed by atoms with Crippen molar-refractivity contribution in [3.05, 3.63) is 34.6 Å². The monoisotopic (exact) mass is 269 g/mol. The van der Waals surface area contributed by atoms with Crippen LogP contribution in [0.5, 0.6) is 0 Å². The lowest BCUT2D eigenvalue weighted by atomic mass is 10.1. The molecule has 98 valence electrons. The summed E-state index contributed by atoms with van der Waals surface area (Å²) in [7, 11) is 5.69. The third-order valence-corrected chi connectivity index (χ3v) is 3.07. The molecule has 1 aromatic rings. The lowest BCUT2D eigenvalue weighted by Gasteiger charge is -2.25. The minimum atomic E-state index is -0.668. The van der Waals surface area contributed by atoms with Gasteiger partial charge in [0.05, 0.1) is 6.07 Å². The van der Waals surface area contributed by atoms with E-state index in [1.165, 1.54) is 12.1 Å². The van der Waals surface area contributed by atoms with Gasteiger partial charge in [-0.05, 0) is 33.3 Å². The maximum atomic E-state index is 13.8. The molecule has 0 aliphatic carbocycles. The molecule has 18 heavy (non-hydrogen) atoms. The van der Waals surface area contributed by atoms with Crippen LogP contribution in [-0.4, -0.2) is 44.0 Å². The molecule has 0 N–H and O–H groups in total. The second-order valence-electron chi connectivity index (χ2n) is 4.45. The predicted octanol–water partition coefficient (Wildman–Crippen LogP) is 2.54. The molecule has 0 fully saturated rings. The summed E-state index contributed by atoms with van der Waals surface area (Å²) in [4.78, 5) is 3.80. The molecule has 1 atom stereocenters. The average molecular weight is 270 g/mol. The number of nitrogens with zero attached hydrogens (tertiary/aromatic N) is 3. The molecule has 0 amide bonds. The molecule has 0 aliphatic rings. The lowest BCUT2D eigenvalue weighted by Crippen LogP contribution is -2.31. The van der Waals surface area contributed by atoms with E-state index in [9.17, 15) is 9.65 Å². The summed E-state index contributed by atoms with van der Waals surface area (Å²) >= 11 is 5.98. The Balaban J connectivity index is 2.93. The van der Waals surface area contributed by atoms with E-state index in [1.54, 1.807) is 18.0 Å². The van der Waals surface area contributed by atoms with Crippen LogP contribution in [0.25, 0.3) is 0 Å². The predicted molar refractivity (Wildman–Crippen MR) is 70.9 cm³/mol. The molecule has 0 heterocycles. The van der Waals surface area contributed by atoms with Crippen molar-refractivity contribution < 1.29 is 4.39 Å². The molecular formula is C13H17ClFN3. The van der Waals surface area contributed by atoms with Crippen LogP contribution in [0.2, 0.25) is 5.02 Å². The smallest absolute Gasteiger partial charge is 0.130 e. The first kappa shape index (κ1) is 14.9. The van der Waals surface area contributed by atoms with Crippen molar-refractivity contribution >= 4 is 11.6 Å². The van der Waals surface area contributed by atoms with Gasteiger partial charge in [0, 0.05) is 23.7 Å². The van der Waals surface area contributed by atoms with Crippen LogP contribution in [0.15, 0.2) is 18.2 Å². The van der Waals surface area contributed by atoms with Gasteiger partial charge in [-0.25, -0.2) is 4.39 Å². The van der Waals surface area contributed by atoms with Gasteiger partial charge in [0.1, 0.15) is 11.9 Å². The van der Waals surface area contributed by atoms with Crippen LogP contribution < -0.4 is 0 Å². The number of likely N-dealkylation sites (N-methyl/N-ethyl adjacent to an activating group) is 2. The third kappa shape index (κ3) is 3.67.